The van der Waals surface area contributed by atoms with E-state index in [1.54, 1.807) is 0 Å². The molecule has 6 heteroatoms. The topological polar surface area (TPSA) is 72.8 Å². The van der Waals surface area contributed by atoms with Crippen LogP contribution < -0.4 is 0 Å². The molecule has 0 aliphatic rings. The van der Waals surface area contributed by atoms with Gasteiger partial charge in [-0.25, -0.2) is 0 Å². The fourth-order valence-electron chi connectivity index (χ4n) is 3.82. The normalized spacial score (nSPS) is 12.9. The molecule has 0 fully saturated rings. The molecule has 192 valence electrons. The van der Waals surface area contributed by atoms with E-state index in [1.807, 2.05) is 41.5 Å². The van der Waals surface area contributed by atoms with Gasteiger partial charge in [-0.05, 0) is 54.4 Å². The molecule has 0 aromatic rings. The Balaban J connectivity index is 3.62. The van der Waals surface area contributed by atoms with Gasteiger partial charge in [-0.2, -0.15) is 0 Å². The maximum absolute atomic E-state index is 13.2. The van der Waals surface area contributed by atoms with Gasteiger partial charge >= 0.3 is 13.6 Å². The molecule has 0 aliphatic heterocycles. The second kappa shape index (κ2) is 17.1. The van der Waals surface area contributed by atoms with Gasteiger partial charge < -0.3 is 14.2 Å². The summed E-state index contributed by atoms with van der Waals surface area (Å²) in [6.07, 6.45) is 18.7. The minimum absolute atomic E-state index is 0.317. The van der Waals surface area contributed by atoms with Crippen LogP contribution in [0.3, 0.4) is 0 Å². The van der Waals surface area contributed by atoms with Gasteiger partial charge in [0.15, 0.2) is 0 Å². The molecule has 0 radical (unpaired) electrons. The van der Waals surface area contributed by atoms with Gasteiger partial charge in [-0.3, -0.25) is 9.36 Å². The summed E-state index contributed by atoms with van der Waals surface area (Å²) >= 11 is 0. The highest BCUT2D eigenvalue weighted by Crippen LogP contribution is 2.55. The van der Waals surface area contributed by atoms with Crippen LogP contribution in [0.25, 0.3) is 0 Å². The Morgan fingerprint density at radius 1 is 0.594 bits per heavy atom. The molecule has 0 saturated carbocycles. The molecule has 0 aromatic carbocycles. The lowest BCUT2D eigenvalue weighted by atomic mass is 10.0. The first-order valence-electron chi connectivity index (χ1n) is 13.1. The number of rotatable bonds is 20. The zero-order valence-corrected chi connectivity index (χ0v) is 22.9. The van der Waals surface area contributed by atoms with Crippen LogP contribution >= 0.6 is 7.60 Å². The third-order valence-corrected chi connectivity index (χ3v) is 7.66. The number of carboxylic acids is 1. The van der Waals surface area contributed by atoms with Crippen LogP contribution in [0.5, 0.6) is 0 Å². The lowest BCUT2D eigenvalue weighted by Gasteiger charge is -2.32. The first-order chi connectivity index (χ1) is 14.8. The van der Waals surface area contributed by atoms with E-state index in [2.05, 4.69) is 0 Å². The monoisotopic (exact) mass is 476 g/mol. The fourth-order valence-corrected chi connectivity index (χ4v) is 6.32. The van der Waals surface area contributed by atoms with Crippen molar-refractivity contribution in [1.29, 1.82) is 0 Å². The van der Waals surface area contributed by atoms with Gasteiger partial charge in [0.1, 0.15) is 0 Å². The van der Waals surface area contributed by atoms with Crippen LogP contribution in [0.15, 0.2) is 0 Å². The second-order valence-electron chi connectivity index (χ2n) is 11.2. The number of aliphatic carboxylic acids is 1. The second-order valence-corrected chi connectivity index (χ2v) is 13.2. The Morgan fingerprint density at radius 3 is 1.16 bits per heavy atom. The van der Waals surface area contributed by atoms with E-state index < -0.39 is 24.8 Å². The van der Waals surface area contributed by atoms with Crippen molar-refractivity contribution in [2.45, 2.75) is 155 Å². The summed E-state index contributed by atoms with van der Waals surface area (Å²) in [7, 11) is -3.08. The lowest BCUT2D eigenvalue weighted by molar-refractivity contribution is -0.137. The molecule has 5 nitrogen and oxygen atoms in total. The Bertz CT molecular complexity index is 499. The van der Waals surface area contributed by atoms with Crippen LogP contribution in [0.1, 0.15) is 144 Å². The molecular weight excluding hydrogens is 423 g/mol. The minimum Gasteiger partial charge on any atom is -0.481 e. The summed E-state index contributed by atoms with van der Waals surface area (Å²) in [5.41, 5.74) is -0.939. The number of carbonyl (C=O) groups is 1. The Hall–Kier alpha value is -0.380. The SMILES string of the molecule is CC(C)(C)OP(=O)(CCCCCCCCCCCCCCCCCC(=O)O)OC(C)(C)C. The molecule has 0 spiro atoms. The number of hydrogen-bond donors (Lipinski definition) is 1. The predicted octanol–water partition coefficient (Wildman–Crippen LogP) is 9.14. The highest BCUT2D eigenvalue weighted by atomic mass is 31.2. The van der Waals surface area contributed by atoms with Crippen molar-refractivity contribution in [3.05, 3.63) is 0 Å². The van der Waals surface area contributed by atoms with E-state index in [0.29, 0.717) is 12.6 Å². The molecule has 0 atom stereocenters. The molecule has 0 rings (SSSR count). The van der Waals surface area contributed by atoms with Gasteiger partial charge in [0.25, 0.3) is 0 Å². The average molecular weight is 477 g/mol. The van der Waals surface area contributed by atoms with Crippen LogP contribution in [0, 0.1) is 0 Å². The Morgan fingerprint density at radius 2 is 0.875 bits per heavy atom. The van der Waals surface area contributed by atoms with Crippen LogP contribution in [-0.2, 0) is 18.4 Å². The summed E-state index contributed by atoms with van der Waals surface area (Å²) in [6.45, 7) is 11.6. The standard InChI is InChI=1S/C26H53O5P/c1-25(2,3)30-32(29,31-26(4,5)6)23-21-19-17-15-13-11-9-7-8-10-12-14-16-18-20-22-24(27)28/h7-23H2,1-6H3,(H,27,28). The first-order valence-corrected chi connectivity index (χ1v) is 14.8. The molecule has 0 amide bonds. The lowest BCUT2D eigenvalue weighted by Crippen LogP contribution is -2.24. The van der Waals surface area contributed by atoms with Crippen molar-refractivity contribution in [2.75, 3.05) is 6.16 Å². The van der Waals surface area contributed by atoms with Crippen LogP contribution in [0.2, 0.25) is 0 Å². The van der Waals surface area contributed by atoms with Crippen molar-refractivity contribution in [1.82, 2.24) is 0 Å². The number of unbranched alkanes of at least 4 members (excludes halogenated alkanes) is 14. The molecular formula is C26H53O5P. The van der Waals surface area contributed by atoms with Crippen molar-refractivity contribution >= 4 is 13.6 Å². The van der Waals surface area contributed by atoms with Gasteiger partial charge in [-0.15, -0.1) is 0 Å². The van der Waals surface area contributed by atoms with Crippen LogP contribution in [0.4, 0.5) is 0 Å². The molecule has 0 bridgehead atoms. The maximum Gasteiger partial charge on any atom is 0.331 e. The van der Waals surface area contributed by atoms with E-state index in [1.165, 1.54) is 70.6 Å². The zero-order chi connectivity index (χ0) is 24.5. The van der Waals surface area contributed by atoms with E-state index >= 15 is 0 Å². The average Bonchev–Trinajstić information content (AvgIpc) is 2.60. The molecule has 0 aliphatic carbocycles. The number of carboxylic acid groups (broad SMARTS) is 1. The van der Waals surface area contributed by atoms with Crippen LogP contribution in [-0.4, -0.2) is 28.4 Å². The fraction of sp³-hybridized carbons (Fsp3) is 0.962. The van der Waals surface area contributed by atoms with E-state index in [0.717, 1.165) is 25.7 Å². The van der Waals surface area contributed by atoms with E-state index in [4.69, 9.17) is 14.2 Å². The molecule has 0 saturated heterocycles. The third-order valence-electron chi connectivity index (χ3n) is 5.15. The molecule has 1 N–H and O–H groups in total. The molecule has 0 aromatic heterocycles. The molecule has 32 heavy (non-hydrogen) atoms. The van der Waals surface area contributed by atoms with Crippen molar-refractivity contribution < 1.29 is 23.5 Å². The largest absolute Gasteiger partial charge is 0.481 e. The summed E-state index contributed by atoms with van der Waals surface area (Å²) in [6, 6.07) is 0. The van der Waals surface area contributed by atoms with Gasteiger partial charge in [0.2, 0.25) is 0 Å². The number of hydrogen-bond acceptors (Lipinski definition) is 4. The van der Waals surface area contributed by atoms with Crippen molar-refractivity contribution in [3.63, 3.8) is 0 Å². The molecule has 0 unspecified atom stereocenters. The highest BCUT2D eigenvalue weighted by Gasteiger charge is 2.34. The van der Waals surface area contributed by atoms with E-state index in [-0.39, 0.29) is 0 Å². The summed E-state index contributed by atoms with van der Waals surface area (Å²) in [4.78, 5) is 10.4. The Labute approximate surface area is 199 Å². The first kappa shape index (κ1) is 31.6. The third kappa shape index (κ3) is 22.8. The van der Waals surface area contributed by atoms with Crippen molar-refractivity contribution in [3.8, 4) is 0 Å². The molecule has 0 heterocycles. The summed E-state index contributed by atoms with van der Waals surface area (Å²) in [5.74, 6) is -0.674. The van der Waals surface area contributed by atoms with Gasteiger partial charge in [0.05, 0.1) is 17.4 Å². The van der Waals surface area contributed by atoms with Gasteiger partial charge in [0, 0.05) is 6.42 Å². The minimum atomic E-state index is -3.08. The smallest absolute Gasteiger partial charge is 0.331 e. The predicted molar refractivity (Wildman–Crippen MR) is 136 cm³/mol. The maximum atomic E-state index is 13.2. The quantitative estimate of drug-likeness (QED) is 0.140. The summed E-state index contributed by atoms with van der Waals surface area (Å²) < 4.78 is 24.8. The summed E-state index contributed by atoms with van der Waals surface area (Å²) in [5, 5.41) is 8.61. The highest BCUT2D eigenvalue weighted by molar-refractivity contribution is 7.53. The Kier molecular flexibility index (Phi) is 16.9. The van der Waals surface area contributed by atoms with E-state index in [9.17, 15) is 9.36 Å². The zero-order valence-electron chi connectivity index (χ0n) is 22.0. The van der Waals surface area contributed by atoms with Gasteiger partial charge in [-0.1, -0.05) is 83.5 Å². The van der Waals surface area contributed by atoms with Crippen molar-refractivity contribution in [2.24, 2.45) is 0 Å².